The molecule has 1 amide bonds. The number of hydrogen-bond acceptors (Lipinski definition) is 2. The second kappa shape index (κ2) is 5.93. The lowest BCUT2D eigenvalue weighted by molar-refractivity contribution is -0.115. The molecule has 3 nitrogen and oxygen atoms in total. The van der Waals surface area contributed by atoms with Gasteiger partial charge in [0, 0.05) is 10.7 Å². The Bertz CT molecular complexity index is 616. The summed E-state index contributed by atoms with van der Waals surface area (Å²) in [6.45, 7) is 1.90. The third-order valence-corrected chi connectivity index (χ3v) is 3.45. The van der Waals surface area contributed by atoms with E-state index < -0.39 is 0 Å². The highest BCUT2D eigenvalue weighted by Crippen LogP contribution is 2.17. The van der Waals surface area contributed by atoms with Crippen LogP contribution in [-0.2, 0) is 11.2 Å². The Balaban J connectivity index is 2.05. The average Bonchev–Trinajstić information content (AvgIpc) is 2.37. The van der Waals surface area contributed by atoms with Crippen LogP contribution in [0.1, 0.15) is 11.1 Å². The SMILES string of the molecule is Cc1cc(NC(=O)Cc2ccccc2F)ncc1Br. The minimum absolute atomic E-state index is 0.0105. The van der Waals surface area contributed by atoms with Gasteiger partial charge in [0.1, 0.15) is 11.6 Å². The van der Waals surface area contributed by atoms with Crippen molar-refractivity contribution in [1.82, 2.24) is 4.98 Å². The molecule has 2 aromatic rings. The van der Waals surface area contributed by atoms with Crippen LogP contribution in [0.5, 0.6) is 0 Å². The molecule has 1 aromatic heterocycles. The van der Waals surface area contributed by atoms with Gasteiger partial charge in [0.15, 0.2) is 0 Å². The minimum Gasteiger partial charge on any atom is -0.310 e. The van der Waals surface area contributed by atoms with Crippen LogP contribution in [0.25, 0.3) is 0 Å². The Morgan fingerprint density at radius 2 is 2.16 bits per heavy atom. The standard InChI is InChI=1S/C14H12BrFN2O/c1-9-6-13(17-8-11(9)15)18-14(19)7-10-4-2-3-5-12(10)16/h2-6,8H,7H2,1H3,(H,17,18,19). The number of benzene rings is 1. The molecule has 0 aliphatic rings. The van der Waals surface area contributed by atoms with Gasteiger partial charge < -0.3 is 5.32 Å². The van der Waals surface area contributed by atoms with E-state index in [4.69, 9.17) is 0 Å². The summed E-state index contributed by atoms with van der Waals surface area (Å²) in [5.41, 5.74) is 1.34. The fraction of sp³-hybridized carbons (Fsp3) is 0.143. The molecule has 0 fully saturated rings. The maximum absolute atomic E-state index is 13.4. The van der Waals surface area contributed by atoms with E-state index in [2.05, 4.69) is 26.2 Å². The van der Waals surface area contributed by atoms with E-state index in [0.29, 0.717) is 11.4 Å². The Hall–Kier alpha value is -1.75. The molecule has 1 heterocycles. The van der Waals surface area contributed by atoms with Crippen LogP contribution < -0.4 is 5.32 Å². The summed E-state index contributed by atoms with van der Waals surface area (Å²) < 4.78 is 14.3. The van der Waals surface area contributed by atoms with Gasteiger partial charge in [0.25, 0.3) is 0 Å². The van der Waals surface area contributed by atoms with Gasteiger partial charge in [0.2, 0.25) is 5.91 Å². The molecule has 5 heteroatoms. The van der Waals surface area contributed by atoms with Gasteiger partial charge in [-0.1, -0.05) is 18.2 Å². The Labute approximate surface area is 119 Å². The number of halogens is 2. The van der Waals surface area contributed by atoms with Crippen molar-refractivity contribution in [1.29, 1.82) is 0 Å². The maximum atomic E-state index is 13.4. The fourth-order valence-electron chi connectivity index (χ4n) is 1.61. The van der Waals surface area contributed by atoms with Gasteiger partial charge in [0.05, 0.1) is 6.42 Å². The second-order valence-electron chi connectivity index (χ2n) is 4.14. The van der Waals surface area contributed by atoms with E-state index in [-0.39, 0.29) is 18.1 Å². The predicted octanol–water partition coefficient (Wildman–Crippen LogP) is 3.47. The van der Waals surface area contributed by atoms with Gasteiger partial charge in [-0.15, -0.1) is 0 Å². The maximum Gasteiger partial charge on any atom is 0.230 e. The normalized spacial score (nSPS) is 10.3. The van der Waals surface area contributed by atoms with Crippen LogP contribution in [-0.4, -0.2) is 10.9 Å². The van der Waals surface area contributed by atoms with Gasteiger partial charge in [-0.05, 0) is 46.1 Å². The average molecular weight is 323 g/mol. The van der Waals surface area contributed by atoms with Crippen molar-refractivity contribution >= 4 is 27.7 Å². The molecule has 0 unspecified atom stereocenters. The van der Waals surface area contributed by atoms with Crippen LogP contribution in [0.3, 0.4) is 0 Å². The molecule has 0 spiro atoms. The zero-order valence-corrected chi connectivity index (χ0v) is 11.9. The molecule has 1 aromatic carbocycles. The summed E-state index contributed by atoms with van der Waals surface area (Å²) in [4.78, 5) is 15.9. The molecule has 98 valence electrons. The summed E-state index contributed by atoms with van der Waals surface area (Å²) in [5.74, 6) is -0.209. The van der Waals surface area contributed by atoms with E-state index in [0.717, 1.165) is 10.0 Å². The van der Waals surface area contributed by atoms with Crippen LogP contribution in [0.4, 0.5) is 10.2 Å². The fourth-order valence-corrected chi connectivity index (χ4v) is 1.83. The van der Waals surface area contributed by atoms with E-state index in [1.54, 1.807) is 30.5 Å². The molecule has 19 heavy (non-hydrogen) atoms. The molecule has 0 aliphatic carbocycles. The first-order chi connectivity index (χ1) is 9.06. The molecule has 0 saturated heterocycles. The van der Waals surface area contributed by atoms with Crippen molar-refractivity contribution in [2.75, 3.05) is 5.32 Å². The monoisotopic (exact) mass is 322 g/mol. The number of pyridine rings is 1. The topological polar surface area (TPSA) is 42.0 Å². The van der Waals surface area contributed by atoms with E-state index >= 15 is 0 Å². The van der Waals surface area contributed by atoms with Crippen molar-refractivity contribution in [2.24, 2.45) is 0 Å². The number of carbonyl (C=O) groups excluding carboxylic acids is 1. The summed E-state index contributed by atoms with van der Waals surface area (Å²) in [6.07, 6.45) is 1.61. The quantitative estimate of drug-likeness (QED) is 0.940. The molecular weight excluding hydrogens is 311 g/mol. The van der Waals surface area contributed by atoms with E-state index in [9.17, 15) is 9.18 Å². The van der Waals surface area contributed by atoms with Gasteiger partial charge in [-0.2, -0.15) is 0 Å². The Kier molecular flexibility index (Phi) is 4.27. The van der Waals surface area contributed by atoms with Crippen molar-refractivity contribution in [3.8, 4) is 0 Å². The second-order valence-corrected chi connectivity index (χ2v) is 4.99. The third kappa shape index (κ3) is 3.61. The van der Waals surface area contributed by atoms with E-state index in [1.807, 2.05) is 6.92 Å². The molecule has 0 radical (unpaired) electrons. The smallest absolute Gasteiger partial charge is 0.230 e. The Morgan fingerprint density at radius 3 is 2.84 bits per heavy atom. The highest BCUT2D eigenvalue weighted by Gasteiger charge is 2.09. The molecule has 2 rings (SSSR count). The number of aromatic nitrogens is 1. The van der Waals surface area contributed by atoms with Gasteiger partial charge >= 0.3 is 0 Å². The highest BCUT2D eigenvalue weighted by molar-refractivity contribution is 9.10. The zero-order chi connectivity index (χ0) is 13.8. The third-order valence-electron chi connectivity index (χ3n) is 2.62. The summed E-state index contributed by atoms with van der Waals surface area (Å²) in [7, 11) is 0. The predicted molar refractivity (Wildman–Crippen MR) is 75.4 cm³/mol. The van der Waals surface area contributed by atoms with Crippen LogP contribution in [0.15, 0.2) is 41.0 Å². The summed E-state index contributed by atoms with van der Waals surface area (Å²) >= 11 is 3.33. The first-order valence-electron chi connectivity index (χ1n) is 5.71. The first kappa shape index (κ1) is 13.7. The van der Waals surface area contributed by atoms with Crippen molar-refractivity contribution in [3.63, 3.8) is 0 Å². The lowest BCUT2D eigenvalue weighted by Crippen LogP contribution is -2.16. The molecule has 0 aliphatic heterocycles. The van der Waals surface area contributed by atoms with Crippen molar-refractivity contribution in [3.05, 3.63) is 57.9 Å². The largest absolute Gasteiger partial charge is 0.310 e. The first-order valence-corrected chi connectivity index (χ1v) is 6.51. The number of nitrogens with one attached hydrogen (secondary N) is 1. The lowest BCUT2D eigenvalue weighted by Gasteiger charge is -2.06. The summed E-state index contributed by atoms with van der Waals surface area (Å²) in [6, 6.07) is 7.98. The van der Waals surface area contributed by atoms with Crippen molar-refractivity contribution < 1.29 is 9.18 Å². The highest BCUT2D eigenvalue weighted by atomic mass is 79.9. The van der Waals surface area contributed by atoms with Crippen LogP contribution in [0, 0.1) is 12.7 Å². The molecular formula is C14H12BrFN2O. The van der Waals surface area contributed by atoms with Gasteiger partial charge in [-0.3, -0.25) is 4.79 Å². The molecule has 0 atom stereocenters. The summed E-state index contributed by atoms with van der Waals surface area (Å²) in [5, 5.41) is 2.65. The molecule has 0 saturated carbocycles. The minimum atomic E-state index is -0.377. The van der Waals surface area contributed by atoms with Crippen LogP contribution >= 0.6 is 15.9 Å². The molecule has 0 bridgehead atoms. The van der Waals surface area contributed by atoms with Crippen molar-refractivity contribution in [2.45, 2.75) is 13.3 Å². The number of hydrogen-bond donors (Lipinski definition) is 1. The lowest BCUT2D eigenvalue weighted by atomic mass is 10.1. The number of aryl methyl sites for hydroxylation is 1. The van der Waals surface area contributed by atoms with Crippen LogP contribution in [0.2, 0.25) is 0 Å². The van der Waals surface area contributed by atoms with Gasteiger partial charge in [-0.25, -0.2) is 9.37 Å². The number of nitrogens with zero attached hydrogens (tertiary/aromatic N) is 1. The Morgan fingerprint density at radius 1 is 1.42 bits per heavy atom. The number of rotatable bonds is 3. The number of anilines is 1. The number of carbonyl (C=O) groups is 1. The van der Waals surface area contributed by atoms with E-state index in [1.165, 1.54) is 6.07 Å². The zero-order valence-electron chi connectivity index (χ0n) is 10.3. The number of amides is 1. The molecule has 1 N–H and O–H groups in total.